The van der Waals surface area contributed by atoms with Crippen molar-refractivity contribution in [3.63, 3.8) is 0 Å². The van der Waals surface area contributed by atoms with Crippen LogP contribution in [0.2, 0.25) is 0 Å². The van der Waals surface area contributed by atoms with Gasteiger partial charge in [-0.05, 0) is 0 Å². The largest absolute Gasteiger partial charge is 0.450 e. The Kier molecular flexibility index (Phi) is 4.88. The van der Waals surface area contributed by atoms with Crippen LogP contribution in [-0.4, -0.2) is 51.1 Å². The van der Waals surface area contributed by atoms with Gasteiger partial charge in [0.25, 0.3) is 0 Å². The van der Waals surface area contributed by atoms with Crippen molar-refractivity contribution >= 4 is 0 Å². The van der Waals surface area contributed by atoms with Crippen molar-refractivity contribution in [1.82, 2.24) is 0 Å². The van der Waals surface area contributed by atoms with Gasteiger partial charge in [-0.25, -0.2) is 0 Å². The van der Waals surface area contributed by atoms with E-state index in [4.69, 9.17) is 0 Å². The summed E-state index contributed by atoms with van der Waals surface area (Å²) in [5.74, 6) is -8.48. The molecule has 0 saturated carbocycles. The lowest BCUT2D eigenvalue weighted by Gasteiger charge is -2.35. The molecule has 0 N–H and O–H groups in total. The molecule has 1 aliphatic heterocycles. The molecule has 9 heteroatoms. The Labute approximate surface area is 106 Å². The highest BCUT2D eigenvalue weighted by Crippen LogP contribution is 2.52. The lowest BCUT2D eigenvalue weighted by Crippen LogP contribution is -2.61. The molecule has 1 aliphatic rings. The highest BCUT2D eigenvalue weighted by molar-refractivity contribution is 5.03. The minimum absolute atomic E-state index is 0.332. The Bertz CT molecular complexity index is 320. The predicted molar refractivity (Wildman–Crippen MR) is 52.6 cm³/mol. The van der Waals surface area contributed by atoms with Gasteiger partial charge in [-0.3, -0.25) is 0 Å². The fourth-order valence-corrected chi connectivity index (χ4v) is 1.58. The molecule has 112 valence electrons. The summed E-state index contributed by atoms with van der Waals surface area (Å²) < 4.78 is 83.5. The van der Waals surface area contributed by atoms with Gasteiger partial charge in [0.2, 0.25) is 0 Å². The SMILES string of the molecule is C=CCOC1COC(OCOC)(C(F)(F)F)C1(F)F. The van der Waals surface area contributed by atoms with E-state index in [-0.39, 0.29) is 6.61 Å². The van der Waals surface area contributed by atoms with Crippen molar-refractivity contribution in [2.75, 3.05) is 27.1 Å². The number of hydrogen-bond acceptors (Lipinski definition) is 4. The number of alkyl halides is 5. The normalized spacial score (nSPS) is 30.5. The van der Waals surface area contributed by atoms with E-state index in [0.29, 0.717) is 0 Å². The molecule has 0 aromatic heterocycles. The summed E-state index contributed by atoms with van der Waals surface area (Å²) in [4.78, 5) is 0. The van der Waals surface area contributed by atoms with Crippen LogP contribution in [0.25, 0.3) is 0 Å². The van der Waals surface area contributed by atoms with Gasteiger partial charge in [-0.15, -0.1) is 6.58 Å². The van der Waals surface area contributed by atoms with Crippen molar-refractivity contribution in [1.29, 1.82) is 0 Å². The number of halogens is 5. The molecule has 0 amide bonds. The second-order valence-electron chi connectivity index (χ2n) is 3.71. The Morgan fingerprint density at radius 3 is 2.53 bits per heavy atom. The van der Waals surface area contributed by atoms with Gasteiger partial charge < -0.3 is 18.9 Å². The van der Waals surface area contributed by atoms with E-state index in [1.807, 2.05) is 0 Å². The van der Waals surface area contributed by atoms with Gasteiger partial charge >= 0.3 is 17.9 Å². The topological polar surface area (TPSA) is 36.9 Å². The van der Waals surface area contributed by atoms with Crippen LogP contribution in [0.3, 0.4) is 0 Å². The summed E-state index contributed by atoms with van der Waals surface area (Å²) in [7, 11) is 1.00. The lowest BCUT2D eigenvalue weighted by atomic mass is 10.1. The number of methoxy groups -OCH3 is 1. The van der Waals surface area contributed by atoms with Gasteiger partial charge in [0, 0.05) is 7.11 Å². The molecule has 1 rings (SSSR count). The molecule has 0 aromatic rings. The second kappa shape index (κ2) is 5.70. The average Bonchev–Trinajstić information content (AvgIpc) is 2.55. The third kappa shape index (κ3) is 2.73. The van der Waals surface area contributed by atoms with Crippen LogP contribution < -0.4 is 0 Å². The van der Waals surface area contributed by atoms with E-state index >= 15 is 0 Å². The minimum Gasteiger partial charge on any atom is -0.365 e. The van der Waals surface area contributed by atoms with Gasteiger partial charge in [-0.2, -0.15) is 22.0 Å². The van der Waals surface area contributed by atoms with Crippen molar-refractivity contribution in [3.8, 4) is 0 Å². The fourth-order valence-electron chi connectivity index (χ4n) is 1.58. The first-order chi connectivity index (χ1) is 8.73. The van der Waals surface area contributed by atoms with Crippen LogP contribution >= 0.6 is 0 Å². The zero-order chi connectivity index (χ0) is 14.7. The standard InChI is InChI=1S/C10H13F5O4/c1-3-4-17-7-5-18-9(8(7,11)12,10(13,14)15)19-6-16-2/h3,7H,1,4-6H2,2H3. The number of hydrogen-bond donors (Lipinski definition) is 0. The van der Waals surface area contributed by atoms with Crippen molar-refractivity contribution in [2.45, 2.75) is 24.0 Å². The van der Waals surface area contributed by atoms with Crippen LogP contribution in [0, 0.1) is 0 Å². The van der Waals surface area contributed by atoms with Crippen LogP contribution in [0.4, 0.5) is 22.0 Å². The molecule has 1 heterocycles. The zero-order valence-electron chi connectivity index (χ0n) is 10.0. The summed E-state index contributed by atoms with van der Waals surface area (Å²) in [5, 5.41) is 0. The van der Waals surface area contributed by atoms with E-state index in [1.54, 1.807) is 0 Å². The van der Waals surface area contributed by atoms with Crippen molar-refractivity contribution < 1.29 is 40.9 Å². The predicted octanol–water partition coefficient (Wildman–Crippen LogP) is 2.10. The Morgan fingerprint density at radius 1 is 1.42 bits per heavy atom. The van der Waals surface area contributed by atoms with E-state index in [1.165, 1.54) is 0 Å². The molecular weight excluding hydrogens is 279 g/mol. The van der Waals surface area contributed by atoms with Gasteiger partial charge in [0.15, 0.2) is 6.10 Å². The fraction of sp³-hybridized carbons (Fsp3) is 0.800. The molecule has 1 fully saturated rings. The van der Waals surface area contributed by atoms with Crippen LogP contribution in [0.15, 0.2) is 12.7 Å². The molecule has 4 nitrogen and oxygen atoms in total. The van der Waals surface area contributed by atoms with E-state index in [0.717, 1.165) is 13.2 Å². The molecule has 0 aromatic carbocycles. The first kappa shape index (κ1) is 16.3. The summed E-state index contributed by atoms with van der Waals surface area (Å²) in [6.45, 7) is 0.937. The molecule has 0 spiro atoms. The molecular formula is C10H13F5O4. The number of rotatable bonds is 6. The Hall–Kier alpha value is -0.770. The second-order valence-corrected chi connectivity index (χ2v) is 3.71. The zero-order valence-corrected chi connectivity index (χ0v) is 10.0. The summed E-state index contributed by atoms with van der Waals surface area (Å²) in [5.41, 5.74) is 0. The van der Waals surface area contributed by atoms with Crippen molar-refractivity contribution in [3.05, 3.63) is 12.7 Å². The molecule has 19 heavy (non-hydrogen) atoms. The van der Waals surface area contributed by atoms with E-state index in [9.17, 15) is 22.0 Å². The highest BCUT2D eigenvalue weighted by Gasteiger charge is 2.79. The summed E-state index contributed by atoms with van der Waals surface area (Å²) in [6.07, 6.45) is -6.38. The maximum Gasteiger partial charge on any atom is 0.450 e. The van der Waals surface area contributed by atoms with Crippen LogP contribution in [0.1, 0.15) is 0 Å². The average molecular weight is 292 g/mol. The summed E-state index contributed by atoms with van der Waals surface area (Å²) >= 11 is 0. The maximum atomic E-state index is 13.9. The van der Waals surface area contributed by atoms with E-state index < -0.39 is 37.4 Å². The molecule has 0 radical (unpaired) electrons. The third-order valence-corrected chi connectivity index (χ3v) is 2.45. The third-order valence-electron chi connectivity index (χ3n) is 2.45. The maximum absolute atomic E-state index is 13.9. The smallest absolute Gasteiger partial charge is 0.365 e. The first-order valence-corrected chi connectivity index (χ1v) is 5.17. The monoisotopic (exact) mass is 292 g/mol. The lowest BCUT2D eigenvalue weighted by molar-refractivity contribution is -0.430. The van der Waals surface area contributed by atoms with Gasteiger partial charge in [-0.1, -0.05) is 6.08 Å². The van der Waals surface area contributed by atoms with Crippen LogP contribution in [-0.2, 0) is 18.9 Å². The molecule has 0 bridgehead atoms. The van der Waals surface area contributed by atoms with Crippen molar-refractivity contribution in [2.24, 2.45) is 0 Å². The Morgan fingerprint density at radius 2 is 2.05 bits per heavy atom. The minimum atomic E-state index is -5.44. The summed E-state index contributed by atoms with van der Waals surface area (Å²) in [6, 6.07) is 0. The molecule has 0 aliphatic carbocycles. The molecule has 1 saturated heterocycles. The Balaban J connectivity index is 3.01. The van der Waals surface area contributed by atoms with Gasteiger partial charge in [0.1, 0.15) is 6.79 Å². The van der Waals surface area contributed by atoms with E-state index in [2.05, 4.69) is 25.5 Å². The highest BCUT2D eigenvalue weighted by atomic mass is 19.4. The van der Waals surface area contributed by atoms with Crippen LogP contribution in [0.5, 0.6) is 0 Å². The van der Waals surface area contributed by atoms with Gasteiger partial charge in [0.05, 0.1) is 13.2 Å². The number of ether oxygens (including phenoxy) is 4. The molecule has 2 atom stereocenters. The quantitative estimate of drug-likeness (QED) is 0.427. The first-order valence-electron chi connectivity index (χ1n) is 5.17. The molecule has 2 unspecified atom stereocenters.